The van der Waals surface area contributed by atoms with E-state index in [2.05, 4.69) is 30.9 Å². The maximum Gasteiger partial charge on any atom is 0.240 e. The molecule has 0 unspecified atom stereocenters. The second-order valence-electron chi connectivity index (χ2n) is 6.76. The smallest absolute Gasteiger partial charge is 0.240 e. The van der Waals surface area contributed by atoms with E-state index in [1.165, 1.54) is 0 Å². The van der Waals surface area contributed by atoms with Crippen LogP contribution in [0.5, 0.6) is 0 Å². The van der Waals surface area contributed by atoms with Crippen LogP contribution in [0.1, 0.15) is 32.9 Å². The highest BCUT2D eigenvalue weighted by Crippen LogP contribution is 2.31. The van der Waals surface area contributed by atoms with Crippen LogP contribution in [-0.4, -0.2) is 39.3 Å². The lowest BCUT2D eigenvalue weighted by atomic mass is 9.92. The highest BCUT2D eigenvalue weighted by atomic mass is 19.1. The molecule has 0 spiro atoms. The molecular formula is C15H20FN5O. The Morgan fingerprint density at radius 1 is 1.45 bits per heavy atom. The summed E-state index contributed by atoms with van der Waals surface area (Å²) in [6.07, 6.45) is 2.38. The lowest BCUT2D eigenvalue weighted by molar-refractivity contribution is -0.119. The van der Waals surface area contributed by atoms with Gasteiger partial charge in [0.15, 0.2) is 5.82 Å². The van der Waals surface area contributed by atoms with Gasteiger partial charge in [0.25, 0.3) is 0 Å². The fourth-order valence-electron chi connectivity index (χ4n) is 2.78. The topological polar surface area (TPSA) is 76.5 Å². The number of amides is 1. The van der Waals surface area contributed by atoms with Crippen molar-refractivity contribution in [1.82, 2.24) is 14.6 Å². The Labute approximate surface area is 128 Å². The van der Waals surface area contributed by atoms with Crippen molar-refractivity contribution in [2.24, 2.45) is 5.73 Å². The molecule has 2 N–H and O–H groups in total. The van der Waals surface area contributed by atoms with E-state index in [-0.39, 0.29) is 18.4 Å². The van der Waals surface area contributed by atoms with Gasteiger partial charge < -0.3 is 10.6 Å². The zero-order chi connectivity index (χ0) is 16.1. The average Bonchev–Trinajstić information content (AvgIpc) is 3.00. The molecule has 6 nitrogen and oxygen atoms in total. The molecule has 1 amide bonds. The summed E-state index contributed by atoms with van der Waals surface area (Å²) in [4.78, 5) is 17.6. The lowest BCUT2D eigenvalue weighted by Gasteiger charge is -2.23. The van der Waals surface area contributed by atoms with Crippen LogP contribution in [-0.2, 0) is 10.2 Å². The third-order valence-corrected chi connectivity index (χ3v) is 3.99. The SMILES string of the molecule is CC(C)(C)c1cc2c(N3C[C@@H](F)C[C@@H]3C(N)=O)nccn2n1. The van der Waals surface area contributed by atoms with Crippen LogP contribution in [0.2, 0.25) is 0 Å². The summed E-state index contributed by atoms with van der Waals surface area (Å²) in [6.45, 7) is 6.33. The van der Waals surface area contributed by atoms with Gasteiger partial charge in [0, 0.05) is 24.2 Å². The van der Waals surface area contributed by atoms with Gasteiger partial charge in [-0.25, -0.2) is 13.9 Å². The Balaban J connectivity index is 2.11. The Morgan fingerprint density at radius 2 is 2.18 bits per heavy atom. The van der Waals surface area contributed by atoms with E-state index in [1.807, 2.05) is 6.07 Å². The van der Waals surface area contributed by atoms with Gasteiger partial charge >= 0.3 is 0 Å². The number of nitrogens with two attached hydrogens (primary N) is 1. The van der Waals surface area contributed by atoms with Gasteiger partial charge in [0.2, 0.25) is 5.91 Å². The molecular weight excluding hydrogens is 285 g/mol. The molecule has 0 aromatic carbocycles. The lowest BCUT2D eigenvalue weighted by Crippen LogP contribution is -2.40. The Bertz CT molecular complexity index is 720. The first kappa shape index (κ1) is 14.7. The first-order chi connectivity index (χ1) is 10.3. The molecule has 22 heavy (non-hydrogen) atoms. The molecule has 3 heterocycles. The Kier molecular flexibility index (Phi) is 3.30. The monoisotopic (exact) mass is 305 g/mol. The predicted octanol–water partition coefficient (Wildman–Crippen LogP) is 1.43. The third-order valence-electron chi connectivity index (χ3n) is 3.99. The molecule has 2 aromatic rings. The standard InChI is InChI=1S/C15H20FN5O/c1-15(2,3)12-7-11-14(18-4-5-21(11)19-12)20-8-9(16)6-10(20)13(17)22/h4-5,7,9-10H,6,8H2,1-3H3,(H2,17,22)/t9-,10+/m0/s1. The van der Waals surface area contributed by atoms with Gasteiger partial charge in [-0.05, 0) is 6.07 Å². The molecule has 1 saturated heterocycles. The number of primary amides is 1. The Hall–Kier alpha value is -2.18. The summed E-state index contributed by atoms with van der Waals surface area (Å²) in [5.41, 5.74) is 6.97. The van der Waals surface area contributed by atoms with E-state index in [0.717, 1.165) is 11.2 Å². The van der Waals surface area contributed by atoms with Crippen molar-refractivity contribution < 1.29 is 9.18 Å². The van der Waals surface area contributed by atoms with Gasteiger partial charge in [-0.1, -0.05) is 20.8 Å². The molecule has 2 atom stereocenters. The van der Waals surface area contributed by atoms with Crippen molar-refractivity contribution in [1.29, 1.82) is 0 Å². The minimum absolute atomic E-state index is 0.109. The molecule has 118 valence electrons. The van der Waals surface area contributed by atoms with Crippen LogP contribution in [0, 0.1) is 0 Å². The second kappa shape index (κ2) is 4.93. The number of carbonyl (C=O) groups is 1. The summed E-state index contributed by atoms with van der Waals surface area (Å²) < 4.78 is 15.5. The van der Waals surface area contributed by atoms with Crippen molar-refractivity contribution in [2.45, 2.75) is 44.8 Å². The van der Waals surface area contributed by atoms with Crippen LogP contribution < -0.4 is 10.6 Å². The third kappa shape index (κ3) is 2.40. The van der Waals surface area contributed by atoms with Crippen LogP contribution in [0.25, 0.3) is 5.52 Å². The number of fused-ring (bicyclic) bond motifs is 1. The number of alkyl halides is 1. The predicted molar refractivity (Wildman–Crippen MR) is 81.5 cm³/mol. The number of hydrogen-bond acceptors (Lipinski definition) is 4. The molecule has 1 aliphatic heterocycles. The van der Waals surface area contributed by atoms with Gasteiger partial charge in [0.1, 0.15) is 17.7 Å². The highest BCUT2D eigenvalue weighted by Gasteiger charge is 2.37. The molecule has 1 fully saturated rings. The number of hydrogen-bond donors (Lipinski definition) is 1. The molecule has 0 bridgehead atoms. The largest absolute Gasteiger partial charge is 0.368 e. The van der Waals surface area contributed by atoms with Crippen molar-refractivity contribution in [2.75, 3.05) is 11.4 Å². The molecule has 2 aromatic heterocycles. The van der Waals surface area contributed by atoms with E-state index in [1.54, 1.807) is 21.8 Å². The zero-order valence-electron chi connectivity index (χ0n) is 13.0. The number of carbonyl (C=O) groups excluding carboxylic acids is 1. The second-order valence-corrected chi connectivity index (χ2v) is 6.76. The Morgan fingerprint density at radius 3 is 2.82 bits per heavy atom. The number of halogens is 1. The minimum atomic E-state index is -1.08. The maximum absolute atomic E-state index is 13.8. The normalized spacial score (nSPS) is 22.5. The van der Waals surface area contributed by atoms with Gasteiger partial charge in [0.05, 0.1) is 12.2 Å². The van der Waals surface area contributed by atoms with E-state index in [9.17, 15) is 9.18 Å². The minimum Gasteiger partial charge on any atom is -0.368 e. The molecule has 3 rings (SSSR count). The van der Waals surface area contributed by atoms with Crippen LogP contribution in [0.15, 0.2) is 18.5 Å². The molecule has 0 saturated carbocycles. The summed E-state index contributed by atoms with van der Waals surface area (Å²) in [5, 5.41) is 4.55. The van der Waals surface area contributed by atoms with E-state index in [4.69, 9.17) is 5.73 Å². The van der Waals surface area contributed by atoms with Crippen LogP contribution in [0.4, 0.5) is 10.2 Å². The van der Waals surface area contributed by atoms with Crippen molar-refractivity contribution in [3.05, 3.63) is 24.2 Å². The molecule has 7 heteroatoms. The molecule has 0 aliphatic carbocycles. The van der Waals surface area contributed by atoms with Gasteiger partial charge in [-0.3, -0.25) is 4.79 Å². The average molecular weight is 305 g/mol. The maximum atomic E-state index is 13.8. The van der Waals surface area contributed by atoms with Crippen LogP contribution in [0.3, 0.4) is 0 Å². The van der Waals surface area contributed by atoms with Crippen molar-refractivity contribution in [3.63, 3.8) is 0 Å². The summed E-state index contributed by atoms with van der Waals surface area (Å²) >= 11 is 0. The number of anilines is 1. The van der Waals surface area contributed by atoms with E-state index >= 15 is 0 Å². The molecule has 0 radical (unpaired) electrons. The highest BCUT2D eigenvalue weighted by molar-refractivity contribution is 5.86. The first-order valence-corrected chi connectivity index (χ1v) is 7.32. The summed E-state index contributed by atoms with van der Waals surface area (Å²) in [6, 6.07) is 1.27. The number of aromatic nitrogens is 3. The molecule has 1 aliphatic rings. The van der Waals surface area contributed by atoms with Crippen LogP contribution >= 0.6 is 0 Å². The summed E-state index contributed by atoms with van der Waals surface area (Å²) in [7, 11) is 0. The fraction of sp³-hybridized carbons (Fsp3) is 0.533. The quantitative estimate of drug-likeness (QED) is 0.910. The summed E-state index contributed by atoms with van der Waals surface area (Å²) in [5.74, 6) is 0.0222. The first-order valence-electron chi connectivity index (χ1n) is 7.32. The zero-order valence-corrected chi connectivity index (χ0v) is 13.0. The van der Waals surface area contributed by atoms with E-state index < -0.39 is 18.1 Å². The number of rotatable bonds is 2. The number of nitrogens with zero attached hydrogens (tertiary/aromatic N) is 4. The van der Waals surface area contributed by atoms with Gasteiger partial charge in [-0.15, -0.1) is 0 Å². The van der Waals surface area contributed by atoms with Crippen molar-refractivity contribution >= 4 is 17.2 Å². The van der Waals surface area contributed by atoms with Gasteiger partial charge in [-0.2, -0.15) is 5.10 Å². The van der Waals surface area contributed by atoms with Crippen molar-refractivity contribution in [3.8, 4) is 0 Å². The fourth-order valence-corrected chi connectivity index (χ4v) is 2.78. The van der Waals surface area contributed by atoms with E-state index in [0.29, 0.717) is 5.82 Å².